The Kier molecular flexibility index (Phi) is 7.21. The fourth-order valence-electron chi connectivity index (χ4n) is 2.41. The first-order valence-corrected chi connectivity index (χ1v) is 8.66. The van der Waals surface area contributed by atoms with Crippen LogP contribution in [-0.4, -0.2) is 32.1 Å². The lowest BCUT2D eigenvalue weighted by Gasteiger charge is -2.09. The van der Waals surface area contributed by atoms with Crippen molar-refractivity contribution in [3.05, 3.63) is 65.2 Å². The number of methoxy groups -OCH3 is 1. The molecule has 5 heteroatoms. The third-order valence-corrected chi connectivity index (χ3v) is 4.04. The van der Waals surface area contributed by atoms with Crippen molar-refractivity contribution in [2.45, 2.75) is 26.2 Å². The van der Waals surface area contributed by atoms with E-state index in [0.29, 0.717) is 23.8 Å². The average molecular weight is 355 g/mol. The molecule has 0 saturated heterocycles. The second kappa shape index (κ2) is 9.61. The molecule has 0 aliphatic rings. The summed E-state index contributed by atoms with van der Waals surface area (Å²) in [5, 5.41) is 2.76. The molecule has 0 aliphatic carbocycles. The Balaban J connectivity index is 1.70. The molecule has 2 aromatic carbocycles. The van der Waals surface area contributed by atoms with E-state index in [-0.39, 0.29) is 12.5 Å². The van der Waals surface area contributed by atoms with Crippen LogP contribution < -0.4 is 10.1 Å². The molecule has 0 aliphatic heterocycles. The van der Waals surface area contributed by atoms with Gasteiger partial charge in [0.05, 0.1) is 12.7 Å². The van der Waals surface area contributed by atoms with Crippen LogP contribution in [-0.2, 0) is 16.0 Å². The van der Waals surface area contributed by atoms with Crippen LogP contribution in [0.1, 0.15) is 41.3 Å². The fourth-order valence-corrected chi connectivity index (χ4v) is 2.41. The Morgan fingerprint density at radius 3 is 2.23 bits per heavy atom. The van der Waals surface area contributed by atoms with Gasteiger partial charge in [-0.25, -0.2) is 4.79 Å². The first-order chi connectivity index (χ1) is 12.5. The third-order valence-electron chi connectivity index (χ3n) is 4.04. The van der Waals surface area contributed by atoms with Gasteiger partial charge in [-0.3, -0.25) is 4.79 Å². The summed E-state index contributed by atoms with van der Waals surface area (Å²) in [5.74, 6) is 0.308. The van der Waals surface area contributed by atoms with Crippen molar-refractivity contribution >= 4 is 11.9 Å². The van der Waals surface area contributed by atoms with Crippen LogP contribution in [0.25, 0.3) is 0 Å². The monoisotopic (exact) mass is 355 g/mol. The average Bonchev–Trinajstić information content (AvgIpc) is 2.66. The maximum Gasteiger partial charge on any atom is 0.338 e. The van der Waals surface area contributed by atoms with E-state index < -0.39 is 5.97 Å². The van der Waals surface area contributed by atoms with E-state index >= 15 is 0 Å². The summed E-state index contributed by atoms with van der Waals surface area (Å²) in [6, 6.07) is 14.9. The first kappa shape index (κ1) is 19.5. The summed E-state index contributed by atoms with van der Waals surface area (Å²) in [7, 11) is 1.55. The van der Waals surface area contributed by atoms with E-state index in [0.717, 1.165) is 12.0 Å². The van der Waals surface area contributed by atoms with E-state index in [4.69, 9.17) is 9.47 Å². The van der Waals surface area contributed by atoms with Crippen molar-refractivity contribution < 1.29 is 19.1 Å². The number of rotatable bonds is 8. The van der Waals surface area contributed by atoms with Crippen LogP contribution in [0.5, 0.6) is 5.75 Å². The number of benzene rings is 2. The third kappa shape index (κ3) is 5.92. The number of carbonyl (C=O) groups excluding carboxylic acids is 2. The van der Waals surface area contributed by atoms with Gasteiger partial charge in [0.15, 0.2) is 6.61 Å². The highest BCUT2D eigenvalue weighted by Crippen LogP contribution is 2.15. The number of nitrogens with one attached hydrogen (secondary N) is 1. The SMILES string of the molecule is COc1ccc(C(=O)OCC(=O)NCCc2ccc(C(C)C)cc2)cc1. The number of esters is 1. The number of hydrogen-bond acceptors (Lipinski definition) is 4. The predicted molar refractivity (Wildman–Crippen MR) is 101 cm³/mol. The Labute approximate surface area is 154 Å². The van der Waals surface area contributed by atoms with E-state index in [1.807, 2.05) is 0 Å². The standard InChI is InChI=1S/C21H25NO4/c1-15(2)17-6-4-16(5-7-17)12-13-22-20(23)14-26-21(24)18-8-10-19(25-3)11-9-18/h4-11,15H,12-14H2,1-3H3,(H,22,23). The molecule has 138 valence electrons. The molecule has 2 rings (SSSR count). The van der Waals surface area contributed by atoms with Crippen molar-refractivity contribution in [1.82, 2.24) is 5.32 Å². The van der Waals surface area contributed by atoms with Gasteiger partial charge in [-0.05, 0) is 47.7 Å². The van der Waals surface area contributed by atoms with Crippen LogP contribution >= 0.6 is 0 Å². The minimum Gasteiger partial charge on any atom is -0.497 e. The Hall–Kier alpha value is -2.82. The summed E-state index contributed by atoms with van der Waals surface area (Å²) >= 11 is 0. The molecule has 26 heavy (non-hydrogen) atoms. The molecule has 2 aromatic rings. The van der Waals surface area contributed by atoms with Crippen LogP contribution in [0.3, 0.4) is 0 Å². The molecule has 0 fully saturated rings. The van der Waals surface area contributed by atoms with Gasteiger partial charge in [0.2, 0.25) is 0 Å². The quantitative estimate of drug-likeness (QED) is 0.738. The topological polar surface area (TPSA) is 64.6 Å². The molecule has 5 nitrogen and oxygen atoms in total. The molecular weight excluding hydrogens is 330 g/mol. The van der Waals surface area contributed by atoms with Crippen LogP contribution in [0.2, 0.25) is 0 Å². The van der Waals surface area contributed by atoms with Gasteiger partial charge in [0, 0.05) is 6.54 Å². The number of ether oxygens (including phenoxy) is 2. The molecule has 0 atom stereocenters. The largest absolute Gasteiger partial charge is 0.497 e. The van der Waals surface area contributed by atoms with Crippen LogP contribution in [0.15, 0.2) is 48.5 Å². The van der Waals surface area contributed by atoms with Gasteiger partial charge >= 0.3 is 5.97 Å². The van der Waals surface area contributed by atoms with Crippen molar-refractivity contribution in [2.24, 2.45) is 0 Å². The highest BCUT2D eigenvalue weighted by molar-refractivity contribution is 5.91. The van der Waals surface area contributed by atoms with Crippen molar-refractivity contribution in [1.29, 1.82) is 0 Å². The molecule has 1 N–H and O–H groups in total. The summed E-state index contributed by atoms with van der Waals surface area (Å²) < 4.78 is 10.0. The van der Waals surface area contributed by atoms with E-state index in [1.165, 1.54) is 5.56 Å². The number of amides is 1. The molecule has 0 aromatic heterocycles. The highest BCUT2D eigenvalue weighted by atomic mass is 16.5. The maximum atomic E-state index is 11.9. The van der Waals surface area contributed by atoms with Gasteiger partial charge in [0.25, 0.3) is 5.91 Å². The Morgan fingerprint density at radius 1 is 1.00 bits per heavy atom. The number of hydrogen-bond donors (Lipinski definition) is 1. The van der Waals surface area contributed by atoms with Crippen molar-refractivity contribution in [3.63, 3.8) is 0 Å². The van der Waals surface area contributed by atoms with Gasteiger partial charge in [-0.1, -0.05) is 38.1 Å². The van der Waals surface area contributed by atoms with Gasteiger partial charge in [0.1, 0.15) is 5.75 Å². The Bertz CT molecular complexity index is 721. The zero-order valence-corrected chi connectivity index (χ0v) is 15.5. The molecule has 1 amide bonds. The van der Waals surface area contributed by atoms with Gasteiger partial charge in [-0.2, -0.15) is 0 Å². The lowest BCUT2D eigenvalue weighted by Crippen LogP contribution is -2.30. The Morgan fingerprint density at radius 2 is 1.65 bits per heavy atom. The normalized spacial score (nSPS) is 10.5. The minimum absolute atomic E-state index is 0.294. The summed E-state index contributed by atoms with van der Waals surface area (Å²) in [5.41, 5.74) is 2.83. The lowest BCUT2D eigenvalue weighted by atomic mass is 10.0. The second-order valence-corrected chi connectivity index (χ2v) is 6.30. The summed E-state index contributed by atoms with van der Waals surface area (Å²) in [4.78, 5) is 23.7. The second-order valence-electron chi connectivity index (χ2n) is 6.30. The lowest BCUT2D eigenvalue weighted by molar-refractivity contribution is -0.124. The zero-order valence-electron chi connectivity index (χ0n) is 15.5. The fraction of sp³-hybridized carbons (Fsp3) is 0.333. The molecule has 0 heterocycles. The molecule has 0 saturated carbocycles. The van der Waals surface area contributed by atoms with Crippen LogP contribution in [0.4, 0.5) is 0 Å². The zero-order chi connectivity index (χ0) is 18.9. The smallest absolute Gasteiger partial charge is 0.338 e. The highest BCUT2D eigenvalue weighted by Gasteiger charge is 2.10. The summed E-state index contributed by atoms with van der Waals surface area (Å²) in [6.07, 6.45) is 0.733. The van der Waals surface area contributed by atoms with E-state index in [2.05, 4.69) is 43.4 Å². The minimum atomic E-state index is -0.535. The first-order valence-electron chi connectivity index (χ1n) is 8.66. The van der Waals surface area contributed by atoms with Gasteiger partial charge < -0.3 is 14.8 Å². The number of carbonyl (C=O) groups is 2. The maximum absolute atomic E-state index is 11.9. The molecule has 0 spiro atoms. The molecular formula is C21H25NO4. The van der Waals surface area contributed by atoms with E-state index in [1.54, 1.807) is 31.4 Å². The van der Waals surface area contributed by atoms with Crippen molar-refractivity contribution in [3.8, 4) is 5.75 Å². The predicted octanol–water partition coefficient (Wildman–Crippen LogP) is 3.33. The molecule has 0 unspecified atom stereocenters. The molecule has 0 radical (unpaired) electrons. The van der Waals surface area contributed by atoms with Crippen LogP contribution in [0, 0.1) is 0 Å². The van der Waals surface area contributed by atoms with E-state index in [9.17, 15) is 9.59 Å². The molecule has 0 bridgehead atoms. The summed E-state index contributed by atoms with van der Waals surface area (Å²) in [6.45, 7) is 4.52. The van der Waals surface area contributed by atoms with Crippen molar-refractivity contribution in [2.75, 3.05) is 20.3 Å². The van der Waals surface area contributed by atoms with Gasteiger partial charge in [-0.15, -0.1) is 0 Å².